The monoisotopic (exact) mass is 274 g/mol. The van der Waals surface area contributed by atoms with E-state index in [4.69, 9.17) is 0 Å². The molecule has 0 saturated carbocycles. The predicted octanol–water partition coefficient (Wildman–Crippen LogP) is 2.00. The number of rotatable bonds is 3. The smallest absolute Gasteiger partial charge is 0.275 e. The Morgan fingerprint density at radius 3 is 2.65 bits per heavy atom. The third-order valence-corrected chi connectivity index (χ3v) is 2.54. The molecule has 0 atom stereocenters. The van der Waals surface area contributed by atoms with Crippen LogP contribution in [0.4, 0.5) is 4.39 Å². The number of nitrogens with one attached hydrogen (secondary N) is 1. The van der Waals surface area contributed by atoms with E-state index in [1.54, 1.807) is 12.1 Å². The molecule has 102 valence electrons. The molecule has 0 unspecified atom stereocenters. The van der Waals surface area contributed by atoms with Gasteiger partial charge >= 0.3 is 0 Å². The Balaban J connectivity index is 2.09. The van der Waals surface area contributed by atoms with Gasteiger partial charge < -0.3 is 10.2 Å². The van der Waals surface area contributed by atoms with Gasteiger partial charge in [-0.1, -0.05) is 18.2 Å². The van der Waals surface area contributed by atoms with Gasteiger partial charge in [0.05, 0.1) is 11.8 Å². The number of para-hydroxylation sites is 2. The molecule has 0 fully saturated rings. The molecule has 5 nitrogen and oxygen atoms in total. The summed E-state index contributed by atoms with van der Waals surface area (Å²) in [6, 6.07) is 9.93. The minimum Gasteiger partial charge on any atom is -0.507 e. The highest BCUT2D eigenvalue weighted by atomic mass is 19.1. The first-order valence-electron chi connectivity index (χ1n) is 5.68. The average Bonchev–Trinajstić information content (AvgIpc) is 2.44. The van der Waals surface area contributed by atoms with Crippen LogP contribution in [0.5, 0.6) is 11.5 Å². The van der Waals surface area contributed by atoms with E-state index in [0.29, 0.717) is 0 Å². The lowest BCUT2D eigenvalue weighted by Gasteiger charge is -2.02. The lowest BCUT2D eigenvalue weighted by Crippen LogP contribution is -2.17. The van der Waals surface area contributed by atoms with Crippen LogP contribution in [0.2, 0.25) is 0 Å². The quantitative estimate of drug-likeness (QED) is 0.591. The van der Waals surface area contributed by atoms with E-state index in [9.17, 15) is 19.4 Å². The van der Waals surface area contributed by atoms with Gasteiger partial charge in [-0.15, -0.1) is 0 Å². The number of nitrogens with zero attached hydrogens (tertiary/aromatic N) is 1. The third-order valence-electron chi connectivity index (χ3n) is 2.54. The molecule has 1 amide bonds. The number of benzene rings is 2. The largest absolute Gasteiger partial charge is 0.507 e. The van der Waals surface area contributed by atoms with Crippen LogP contribution >= 0.6 is 0 Å². The van der Waals surface area contributed by atoms with Crippen molar-refractivity contribution in [3.05, 3.63) is 59.4 Å². The molecule has 0 radical (unpaired) electrons. The first-order valence-corrected chi connectivity index (χ1v) is 5.68. The van der Waals surface area contributed by atoms with Crippen LogP contribution in [0.15, 0.2) is 47.6 Å². The predicted molar refractivity (Wildman–Crippen MR) is 71.2 cm³/mol. The molecule has 6 heteroatoms. The SMILES string of the molecule is O=C(N/N=C/c1cccc(F)c1O)c1ccccc1O. The Kier molecular flexibility index (Phi) is 3.95. The maximum absolute atomic E-state index is 13.1. The second kappa shape index (κ2) is 5.83. The molecular formula is C14H11FN2O3. The Morgan fingerprint density at radius 1 is 1.15 bits per heavy atom. The number of carbonyl (C=O) groups excluding carboxylic acids is 1. The number of halogens is 1. The minimum absolute atomic E-state index is 0.0631. The molecule has 0 aliphatic rings. The zero-order chi connectivity index (χ0) is 14.5. The molecule has 0 saturated heterocycles. The van der Waals surface area contributed by atoms with Gasteiger partial charge in [-0.3, -0.25) is 4.79 Å². The average molecular weight is 274 g/mol. The first kappa shape index (κ1) is 13.5. The topological polar surface area (TPSA) is 81.9 Å². The molecule has 2 rings (SSSR count). The fourth-order valence-electron chi connectivity index (χ4n) is 1.52. The Bertz CT molecular complexity index is 671. The molecule has 0 spiro atoms. The summed E-state index contributed by atoms with van der Waals surface area (Å²) < 4.78 is 13.1. The van der Waals surface area contributed by atoms with Crippen molar-refractivity contribution in [1.82, 2.24) is 5.43 Å². The minimum atomic E-state index is -0.777. The lowest BCUT2D eigenvalue weighted by molar-refractivity contribution is 0.0952. The number of carbonyl (C=O) groups is 1. The number of hydrogen-bond donors (Lipinski definition) is 3. The van der Waals surface area contributed by atoms with Crippen molar-refractivity contribution >= 4 is 12.1 Å². The molecule has 0 bridgehead atoms. The number of hydrazone groups is 1. The van der Waals surface area contributed by atoms with Gasteiger partial charge in [0, 0.05) is 5.56 Å². The summed E-state index contributed by atoms with van der Waals surface area (Å²) in [6.45, 7) is 0. The summed E-state index contributed by atoms with van der Waals surface area (Å²) in [5.74, 6) is -2.11. The standard InChI is InChI=1S/C14H11FN2O3/c15-11-6-3-4-9(13(11)19)8-16-17-14(20)10-5-1-2-7-12(10)18/h1-8,18-19H,(H,17,20)/b16-8+. The third kappa shape index (κ3) is 2.92. The van der Waals surface area contributed by atoms with Crippen LogP contribution in [-0.2, 0) is 0 Å². The van der Waals surface area contributed by atoms with E-state index in [0.717, 1.165) is 12.3 Å². The second-order valence-electron chi connectivity index (χ2n) is 3.89. The zero-order valence-corrected chi connectivity index (χ0v) is 10.2. The van der Waals surface area contributed by atoms with Gasteiger partial charge in [-0.2, -0.15) is 5.10 Å². The number of phenolic OH excluding ortho intramolecular Hbond substituents is 2. The molecule has 3 N–H and O–H groups in total. The first-order chi connectivity index (χ1) is 9.59. The molecule has 0 aliphatic heterocycles. The van der Waals surface area contributed by atoms with Crippen molar-refractivity contribution in [2.24, 2.45) is 5.10 Å². The number of aromatic hydroxyl groups is 2. The summed E-state index contributed by atoms with van der Waals surface area (Å²) in [5.41, 5.74) is 2.36. The normalized spacial score (nSPS) is 10.7. The highest BCUT2D eigenvalue weighted by Gasteiger charge is 2.09. The van der Waals surface area contributed by atoms with Crippen LogP contribution < -0.4 is 5.43 Å². The van der Waals surface area contributed by atoms with Gasteiger partial charge in [0.2, 0.25) is 0 Å². The van der Waals surface area contributed by atoms with E-state index in [1.807, 2.05) is 0 Å². The van der Waals surface area contributed by atoms with Crippen molar-refractivity contribution in [2.75, 3.05) is 0 Å². The van der Waals surface area contributed by atoms with Gasteiger partial charge in [0.15, 0.2) is 11.6 Å². The fraction of sp³-hybridized carbons (Fsp3) is 0. The summed E-state index contributed by atoms with van der Waals surface area (Å²) >= 11 is 0. The van der Waals surface area contributed by atoms with Crippen LogP contribution in [0.25, 0.3) is 0 Å². The lowest BCUT2D eigenvalue weighted by atomic mass is 10.2. The Labute approximate surface area is 114 Å². The van der Waals surface area contributed by atoms with E-state index in [-0.39, 0.29) is 16.9 Å². The maximum atomic E-state index is 13.1. The molecule has 0 aliphatic carbocycles. The molecule has 2 aromatic carbocycles. The molecule has 0 aromatic heterocycles. The van der Waals surface area contributed by atoms with Crippen molar-refractivity contribution in [2.45, 2.75) is 0 Å². The number of hydrogen-bond acceptors (Lipinski definition) is 4. The highest BCUT2D eigenvalue weighted by molar-refractivity contribution is 5.97. The van der Waals surface area contributed by atoms with Crippen molar-refractivity contribution < 1.29 is 19.4 Å². The van der Waals surface area contributed by atoms with Gasteiger partial charge in [-0.05, 0) is 24.3 Å². The number of amides is 1. The molecule has 0 heterocycles. The van der Waals surface area contributed by atoms with E-state index in [2.05, 4.69) is 10.5 Å². The van der Waals surface area contributed by atoms with Crippen molar-refractivity contribution in [3.8, 4) is 11.5 Å². The summed E-state index contributed by atoms with van der Waals surface area (Å²) in [7, 11) is 0. The molecular weight excluding hydrogens is 263 g/mol. The van der Waals surface area contributed by atoms with E-state index < -0.39 is 17.5 Å². The van der Waals surface area contributed by atoms with E-state index >= 15 is 0 Å². The summed E-state index contributed by atoms with van der Waals surface area (Å²) in [6.07, 6.45) is 1.11. The van der Waals surface area contributed by atoms with Crippen LogP contribution in [0.1, 0.15) is 15.9 Å². The highest BCUT2D eigenvalue weighted by Crippen LogP contribution is 2.18. The van der Waals surface area contributed by atoms with Gasteiger partial charge in [-0.25, -0.2) is 9.82 Å². The Hall–Kier alpha value is -2.89. The van der Waals surface area contributed by atoms with Crippen molar-refractivity contribution in [1.29, 1.82) is 0 Å². The van der Waals surface area contributed by atoms with Crippen molar-refractivity contribution in [3.63, 3.8) is 0 Å². The summed E-state index contributed by atoms with van der Waals surface area (Å²) in [4.78, 5) is 11.7. The van der Waals surface area contributed by atoms with Crippen LogP contribution in [0, 0.1) is 5.82 Å². The summed E-state index contributed by atoms with van der Waals surface area (Å²) in [5, 5.41) is 22.5. The Morgan fingerprint density at radius 2 is 1.90 bits per heavy atom. The number of phenols is 2. The van der Waals surface area contributed by atoms with Crippen LogP contribution in [0.3, 0.4) is 0 Å². The van der Waals surface area contributed by atoms with Gasteiger partial charge in [0.25, 0.3) is 5.91 Å². The fourth-order valence-corrected chi connectivity index (χ4v) is 1.52. The molecule has 20 heavy (non-hydrogen) atoms. The molecule has 2 aromatic rings. The zero-order valence-electron chi connectivity index (χ0n) is 10.2. The van der Waals surface area contributed by atoms with E-state index in [1.165, 1.54) is 24.3 Å². The van der Waals surface area contributed by atoms with Gasteiger partial charge in [0.1, 0.15) is 5.75 Å². The second-order valence-corrected chi connectivity index (χ2v) is 3.89. The van der Waals surface area contributed by atoms with Crippen LogP contribution in [-0.4, -0.2) is 22.3 Å². The maximum Gasteiger partial charge on any atom is 0.275 e.